The minimum absolute atomic E-state index is 0.0807. The fourth-order valence-electron chi connectivity index (χ4n) is 2.05. The smallest absolute Gasteiger partial charge is 0.239 e. The van der Waals surface area contributed by atoms with Crippen molar-refractivity contribution in [3.05, 3.63) is 30.1 Å². The van der Waals surface area contributed by atoms with Crippen LogP contribution in [0.2, 0.25) is 0 Å². The predicted octanol–water partition coefficient (Wildman–Crippen LogP) is 1.30. The number of rotatable bonds is 6. The number of methoxy groups -OCH3 is 1. The van der Waals surface area contributed by atoms with Crippen molar-refractivity contribution < 1.29 is 9.53 Å². The number of benzene rings is 1. The van der Waals surface area contributed by atoms with Gasteiger partial charge in [0, 0.05) is 47.7 Å². The molecule has 1 amide bonds. The number of anilines is 2. The van der Waals surface area contributed by atoms with Gasteiger partial charge in [0.15, 0.2) is 0 Å². The van der Waals surface area contributed by atoms with Gasteiger partial charge in [0.2, 0.25) is 5.91 Å². The molecule has 1 aromatic carbocycles. The molecule has 0 radical (unpaired) electrons. The van der Waals surface area contributed by atoms with Gasteiger partial charge < -0.3 is 21.1 Å². The van der Waals surface area contributed by atoms with Crippen LogP contribution in [0.5, 0.6) is 0 Å². The zero-order chi connectivity index (χ0) is 15.2. The molecule has 0 aliphatic heterocycles. The van der Waals surface area contributed by atoms with Gasteiger partial charge in [0.1, 0.15) is 0 Å². The lowest BCUT2D eigenvalue weighted by molar-refractivity contribution is -0.119. The second kappa shape index (κ2) is 6.90. The Bertz CT molecular complexity index is 643. The maximum absolute atomic E-state index is 11.7. The van der Waals surface area contributed by atoms with Crippen molar-refractivity contribution in [2.75, 3.05) is 37.9 Å². The van der Waals surface area contributed by atoms with Crippen molar-refractivity contribution in [2.24, 2.45) is 0 Å². The molecule has 6 heteroatoms. The average molecular weight is 288 g/mol. The highest BCUT2D eigenvalue weighted by atomic mass is 16.5. The molecule has 0 spiro atoms. The first-order valence-electron chi connectivity index (χ1n) is 6.76. The molecule has 1 heterocycles. The molecule has 0 atom stereocenters. The van der Waals surface area contributed by atoms with Crippen molar-refractivity contribution in [1.82, 2.24) is 10.3 Å². The number of nitrogens with one attached hydrogen (secondary N) is 2. The van der Waals surface area contributed by atoms with Gasteiger partial charge in [0.25, 0.3) is 0 Å². The Kier molecular flexibility index (Phi) is 4.94. The Morgan fingerprint density at radius 2 is 2.19 bits per heavy atom. The Hall–Kier alpha value is -2.34. The van der Waals surface area contributed by atoms with E-state index in [1.54, 1.807) is 13.3 Å². The third-order valence-electron chi connectivity index (χ3n) is 3.14. The van der Waals surface area contributed by atoms with Crippen molar-refractivity contribution in [3.63, 3.8) is 0 Å². The predicted molar refractivity (Wildman–Crippen MR) is 84.3 cm³/mol. The first kappa shape index (κ1) is 15.1. The van der Waals surface area contributed by atoms with E-state index in [2.05, 4.69) is 15.6 Å². The molecular formula is C15H20N4O2. The van der Waals surface area contributed by atoms with E-state index in [0.29, 0.717) is 18.8 Å². The van der Waals surface area contributed by atoms with Crippen molar-refractivity contribution in [2.45, 2.75) is 6.92 Å². The highest BCUT2D eigenvalue weighted by Gasteiger charge is 2.07. The molecule has 0 fully saturated rings. The van der Waals surface area contributed by atoms with Crippen LogP contribution < -0.4 is 16.4 Å². The van der Waals surface area contributed by atoms with Crippen LogP contribution in [0.25, 0.3) is 10.8 Å². The number of nitrogens with two attached hydrogens (primary N) is 1. The summed E-state index contributed by atoms with van der Waals surface area (Å²) in [7, 11) is 1.60. The number of carbonyl (C=O) groups excluding carboxylic acids is 1. The molecule has 0 aliphatic rings. The lowest BCUT2D eigenvalue weighted by Crippen LogP contribution is -2.32. The zero-order valence-electron chi connectivity index (χ0n) is 12.3. The van der Waals surface area contributed by atoms with Crippen LogP contribution in [0.15, 0.2) is 24.4 Å². The van der Waals surface area contributed by atoms with Gasteiger partial charge >= 0.3 is 0 Å². The van der Waals surface area contributed by atoms with E-state index >= 15 is 0 Å². The number of hydrogen-bond donors (Lipinski definition) is 3. The third-order valence-corrected chi connectivity index (χ3v) is 3.14. The quantitative estimate of drug-likeness (QED) is 0.551. The lowest BCUT2D eigenvalue weighted by Gasteiger charge is -2.12. The molecule has 6 nitrogen and oxygen atoms in total. The summed E-state index contributed by atoms with van der Waals surface area (Å²) in [5.74, 6) is -0.0807. The number of nitrogens with zero attached hydrogens (tertiary/aromatic N) is 1. The highest BCUT2D eigenvalue weighted by molar-refractivity contribution is 6.01. The Morgan fingerprint density at radius 3 is 2.95 bits per heavy atom. The summed E-state index contributed by atoms with van der Waals surface area (Å²) in [4.78, 5) is 15.9. The highest BCUT2D eigenvalue weighted by Crippen LogP contribution is 2.28. The monoisotopic (exact) mass is 288 g/mol. The second-order valence-corrected chi connectivity index (χ2v) is 4.77. The second-order valence-electron chi connectivity index (χ2n) is 4.77. The zero-order valence-corrected chi connectivity index (χ0v) is 12.3. The number of amides is 1. The van der Waals surface area contributed by atoms with Crippen LogP contribution in [0.3, 0.4) is 0 Å². The Balaban J connectivity index is 2.10. The molecule has 0 saturated heterocycles. The number of hydrogen-bond acceptors (Lipinski definition) is 5. The summed E-state index contributed by atoms with van der Waals surface area (Å²) in [6.45, 7) is 3.12. The molecule has 0 aliphatic carbocycles. The summed E-state index contributed by atoms with van der Waals surface area (Å²) in [6.07, 6.45) is 1.75. The molecule has 2 aromatic rings. The van der Waals surface area contributed by atoms with E-state index in [0.717, 1.165) is 22.2 Å². The summed E-state index contributed by atoms with van der Waals surface area (Å²) >= 11 is 0. The minimum atomic E-state index is -0.0807. The Labute approximate surface area is 123 Å². The summed E-state index contributed by atoms with van der Waals surface area (Å²) in [5, 5.41) is 7.74. The maximum Gasteiger partial charge on any atom is 0.239 e. The van der Waals surface area contributed by atoms with Crippen LogP contribution in [0.4, 0.5) is 11.4 Å². The standard InChI is InChI=1S/C15H20N4O2/c1-10-7-11-12(8-18-10)13(16)3-4-14(11)19-9-15(20)17-5-6-21-2/h3-4,7-8,19H,5-6,9,16H2,1-2H3,(H,17,20). The van der Waals surface area contributed by atoms with Gasteiger partial charge in [-0.3, -0.25) is 9.78 Å². The fraction of sp³-hybridized carbons (Fsp3) is 0.333. The van der Waals surface area contributed by atoms with E-state index in [4.69, 9.17) is 10.5 Å². The first-order valence-corrected chi connectivity index (χ1v) is 6.76. The number of pyridine rings is 1. The molecule has 2 rings (SSSR count). The summed E-state index contributed by atoms with van der Waals surface area (Å²) in [5.41, 5.74) is 8.40. The van der Waals surface area contributed by atoms with Crippen molar-refractivity contribution in [1.29, 1.82) is 0 Å². The third kappa shape index (κ3) is 3.82. The van der Waals surface area contributed by atoms with Crippen LogP contribution in [0, 0.1) is 6.92 Å². The largest absolute Gasteiger partial charge is 0.398 e. The maximum atomic E-state index is 11.7. The van der Waals surface area contributed by atoms with E-state index in [9.17, 15) is 4.79 Å². The summed E-state index contributed by atoms with van der Waals surface area (Å²) in [6, 6.07) is 5.64. The number of aromatic nitrogens is 1. The van der Waals surface area contributed by atoms with Crippen LogP contribution in [0.1, 0.15) is 5.69 Å². The molecular weight excluding hydrogens is 268 g/mol. The van der Waals surface area contributed by atoms with Gasteiger partial charge in [0.05, 0.1) is 13.2 Å². The van der Waals surface area contributed by atoms with Crippen molar-refractivity contribution in [3.8, 4) is 0 Å². The number of ether oxygens (including phenoxy) is 1. The Morgan fingerprint density at radius 1 is 1.38 bits per heavy atom. The molecule has 0 saturated carbocycles. The van der Waals surface area contributed by atoms with Crippen molar-refractivity contribution >= 4 is 28.1 Å². The molecule has 1 aromatic heterocycles. The minimum Gasteiger partial charge on any atom is -0.398 e. The summed E-state index contributed by atoms with van der Waals surface area (Å²) < 4.78 is 4.88. The van der Waals surface area contributed by atoms with E-state index < -0.39 is 0 Å². The number of aryl methyl sites for hydroxylation is 1. The van der Waals surface area contributed by atoms with E-state index in [1.807, 2.05) is 25.1 Å². The average Bonchev–Trinajstić information content (AvgIpc) is 2.47. The first-order chi connectivity index (χ1) is 10.1. The number of carbonyl (C=O) groups is 1. The van der Waals surface area contributed by atoms with Gasteiger partial charge in [-0.2, -0.15) is 0 Å². The van der Waals surface area contributed by atoms with Crippen LogP contribution in [-0.4, -0.2) is 37.7 Å². The number of fused-ring (bicyclic) bond motifs is 1. The fourth-order valence-corrected chi connectivity index (χ4v) is 2.05. The van der Waals surface area contributed by atoms with Gasteiger partial charge in [-0.05, 0) is 25.1 Å². The molecule has 4 N–H and O–H groups in total. The van der Waals surface area contributed by atoms with E-state index in [1.165, 1.54) is 0 Å². The lowest BCUT2D eigenvalue weighted by atomic mass is 10.1. The molecule has 21 heavy (non-hydrogen) atoms. The van der Waals surface area contributed by atoms with Gasteiger partial charge in [-0.1, -0.05) is 0 Å². The number of nitrogen functional groups attached to an aromatic ring is 1. The van der Waals surface area contributed by atoms with Gasteiger partial charge in [-0.15, -0.1) is 0 Å². The molecule has 0 unspecified atom stereocenters. The van der Waals surface area contributed by atoms with Crippen LogP contribution in [-0.2, 0) is 9.53 Å². The molecule has 112 valence electrons. The topological polar surface area (TPSA) is 89.3 Å². The normalized spacial score (nSPS) is 10.6. The molecule has 0 bridgehead atoms. The van der Waals surface area contributed by atoms with E-state index in [-0.39, 0.29) is 12.5 Å². The SMILES string of the molecule is COCCNC(=O)CNc1ccc(N)c2cnc(C)cc12. The van der Waals surface area contributed by atoms with Gasteiger partial charge in [-0.25, -0.2) is 0 Å². The van der Waals surface area contributed by atoms with Crippen LogP contribution >= 0.6 is 0 Å².